The van der Waals surface area contributed by atoms with Crippen molar-refractivity contribution in [3.63, 3.8) is 0 Å². The van der Waals surface area contributed by atoms with Crippen LogP contribution in [0.5, 0.6) is 0 Å². The third kappa shape index (κ3) is 2.72. The van der Waals surface area contributed by atoms with Crippen LogP contribution in [0.4, 0.5) is 11.4 Å². The summed E-state index contributed by atoms with van der Waals surface area (Å²) >= 11 is 3.39. The number of nitrogens with zero attached hydrogens (tertiary/aromatic N) is 2. The van der Waals surface area contributed by atoms with E-state index in [9.17, 15) is 14.4 Å². The van der Waals surface area contributed by atoms with E-state index in [1.807, 2.05) is 12.1 Å². The Morgan fingerprint density at radius 2 is 2.14 bits per heavy atom. The van der Waals surface area contributed by atoms with Gasteiger partial charge in [0.25, 0.3) is 0 Å². The van der Waals surface area contributed by atoms with E-state index in [-0.39, 0.29) is 30.2 Å². The fraction of sp³-hybridized carbons (Fsp3) is 0.400. The molecule has 0 bridgehead atoms. The molecule has 2 aliphatic rings. The second-order valence-corrected chi connectivity index (χ2v) is 6.50. The Hall–Kier alpha value is -1.89. The first kappa shape index (κ1) is 15.0. The van der Waals surface area contributed by atoms with Gasteiger partial charge < -0.3 is 15.1 Å². The molecule has 1 atom stereocenters. The lowest BCUT2D eigenvalue weighted by Crippen LogP contribution is -2.45. The lowest BCUT2D eigenvalue weighted by molar-refractivity contribution is -0.128. The molecule has 1 unspecified atom stereocenters. The number of fused-ring (bicyclic) bond motifs is 1. The van der Waals surface area contributed by atoms with E-state index < -0.39 is 0 Å². The van der Waals surface area contributed by atoms with Gasteiger partial charge in [-0.2, -0.15) is 0 Å². The largest absolute Gasteiger partial charge is 0.342 e. The highest BCUT2D eigenvalue weighted by Gasteiger charge is 2.36. The van der Waals surface area contributed by atoms with Crippen molar-refractivity contribution in [2.24, 2.45) is 5.92 Å². The van der Waals surface area contributed by atoms with Crippen LogP contribution in [0.2, 0.25) is 0 Å². The van der Waals surface area contributed by atoms with Crippen molar-refractivity contribution in [3.05, 3.63) is 22.7 Å². The topological polar surface area (TPSA) is 69.7 Å². The number of anilines is 2. The summed E-state index contributed by atoms with van der Waals surface area (Å²) in [6, 6.07) is 5.41. The third-order valence-corrected chi connectivity index (χ3v) is 4.57. The zero-order valence-corrected chi connectivity index (χ0v) is 13.7. The predicted octanol–water partition coefficient (Wildman–Crippen LogP) is 1.60. The molecule has 0 saturated carbocycles. The Bertz CT molecular complexity index is 661. The average Bonchev–Trinajstić information content (AvgIpc) is 2.96. The van der Waals surface area contributed by atoms with Crippen molar-refractivity contribution in [1.29, 1.82) is 0 Å². The number of benzene rings is 1. The molecule has 0 aliphatic carbocycles. The fourth-order valence-corrected chi connectivity index (χ4v) is 3.27. The molecule has 0 spiro atoms. The summed E-state index contributed by atoms with van der Waals surface area (Å²) in [7, 11) is 0. The van der Waals surface area contributed by atoms with E-state index in [1.54, 1.807) is 11.0 Å². The molecule has 116 valence electrons. The van der Waals surface area contributed by atoms with Crippen LogP contribution < -0.4 is 10.2 Å². The molecule has 0 aromatic heterocycles. The maximum absolute atomic E-state index is 12.8. The minimum atomic E-state index is -0.248. The molecule has 1 fully saturated rings. The molecule has 2 heterocycles. The van der Waals surface area contributed by atoms with E-state index in [0.29, 0.717) is 30.9 Å². The predicted molar refractivity (Wildman–Crippen MR) is 85.5 cm³/mol. The summed E-state index contributed by atoms with van der Waals surface area (Å²) in [5.74, 6) is -0.570. The summed E-state index contributed by atoms with van der Waals surface area (Å²) in [4.78, 5) is 39.2. The highest BCUT2D eigenvalue weighted by Crippen LogP contribution is 2.34. The van der Waals surface area contributed by atoms with Gasteiger partial charge in [-0.15, -0.1) is 0 Å². The van der Waals surface area contributed by atoms with E-state index in [4.69, 9.17) is 0 Å². The Kier molecular flexibility index (Phi) is 3.90. The highest BCUT2D eigenvalue weighted by atomic mass is 79.9. The molecular formula is C15H16BrN3O3. The molecule has 3 rings (SSSR count). The van der Waals surface area contributed by atoms with Crippen LogP contribution in [-0.2, 0) is 14.4 Å². The molecule has 1 N–H and O–H groups in total. The lowest BCUT2D eigenvalue weighted by Gasteiger charge is -2.31. The standard InChI is InChI=1S/C15H16BrN3O3/c1-9(20)18-5-4-10(7-18)15(22)19-8-14(21)17-12-3-2-11(16)6-13(12)19/h2-3,6,10H,4-5,7-8H2,1H3,(H,17,21). The van der Waals surface area contributed by atoms with Crippen LogP contribution in [0.1, 0.15) is 13.3 Å². The second-order valence-electron chi connectivity index (χ2n) is 5.58. The minimum Gasteiger partial charge on any atom is -0.342 e. The first-order chi connectivity index (χ1) is 10.5. The number of likely N-dealkylation sites (tertiary alicyclic amines) is 1. The SMILES string of the molecule is CC(=O)N1CCC(C(=O)N2CC(=O)Nc3ccc(Br)cc32)C1. The number of rotatable bonds is 1. The molecule has 7 heteroatoms. The van der Waals surface area contributed by atoms with Crippen molar-refractivity contribution >= 4 is 45.0 Å². The van der Waals surface area contributed by atoms with Crippen molar-refractivity contribution in [2.75, 3.05) is 29.9 Å². The number of halogens is 1. The average molecular weight is 366 g/mol. The monoisotopic (exact) mass is 365 g/mol. The van der Waals surface area contributed by atoms with Gasteiger partial charge in [0, 0.05) is 24.5 Å². The van der Waals surface area contributed by atoms with Gasteiger partial charge in [-0.3, -0.25) is 14.4 Å². The molecule has 22 heavy (non-hydrogen) atoms. The van der Waals surface area contributed by atoms with Crippen LogP contribution >= 0.6 is 15.9 Å². The van der Waals surface area contributed by atoms with Crippen LogP contribution in [-0.4, -0.2) is 42.3 Å². The minimum absolute atomic E-state index is 0.0128. The fourth-order valence-electron chi connectivity index (χ4n) is 2.92. The van der Waals surface area contributed by atoms with Gasteiger partial charge in [-0.25, -0.2) is 0 Å². The van der Waals surface area contributed by atoms with Crippen LogP contribution in [0.3, 0.4) is 0 Å². The Morgan fingerprint density at radius 3 is 2.82 bits per heavy atom. The third-order valence-electron chi connectivity index (χ3n) is 4.08. The normalized spacial score (nSPS) is 20.6. The number of carbonyl (C=O) groups is 3. The van der Waals surface area contributed by atoms with Crippen LogP contribution in [0, 0.1) is 5.92 Å². The molecule has 0 radical (unpaired) electrons. The Balaban J connectivity index is 1.86. The van der Waals surface area contributed by atoms with Crippen molar-refractivity contribution in [2.45, 2.75) is 13.3 Å². The van der Waals surface area contributed by atoms with Gasteiger partial charge in [0.1, 0.15) is 6.54 Å². The molecule has 1 saturated heterocycles. The smallest absolute Gasteiger partial charge is 0.244 e. The molecule has 2 aliphatic heterocycles. The summed E-state index contributed by atoms with van der Waals surface area (Å²) in [6.07, 6.45) is 0.639. The number of nitrogens with one attached hydrogen (secondary N) is 1. The van der Waals surface area contributed by atoms with Crippen molar-refractivity contribution in [1.82, 2.24) is 4.90 Å². The van der Waals surface area contributed by atoms with E-state index in [2.05, 4.69) is 21.2 Å². The van der Waals surface area contributed by atoms with Crippen LogP contribution in [0.15, 0.2) is 22.7 Å². The molecule has 3 amide bonds. The number of amides is 3. The maximum Gasteiger partial charge on any atom is 0.244 e. The lowest BCUT2D eigenvalue weighted by atomic mass is 10.1. The van der Waals surface area contributed by atoms with Crippen molar-refractivity contribution < 1.29 is 14.4 Å². The van der Waals surface area contributed by atoms with E-state index in [0.717, 1.165) is 4.47 Å². The molecule has 6 nitrogen and oxygen atoms in total. The first-order valence-electron chi connectivity index (χ1n) is 7.12. The maximum atomic E-state index is 12.8. The second kappa shape index (κ2) is 5.72. The van der Waals surface area contributed by atoms with E-state index in [1.165, 1.54) is 11.8 Å². The summed E-state index contributed by atoms with van der Waals surface area (Å²) in [5, 5.41) is 2.77. The van der Waals surface area contributed by atoms with Gasteiger partial charge >= 0.3 is 0 Å². The van der Waals surface area contributed by atoms with Crippen molar-refractivity contribution in [3.8, 4) is 0 Å². The quantitative estimate of drug-likeness (QED) is 0.821. The number of hydrogen-bond donors (Lipinski definition) is 1. The summed E-state index contributed by atoms with van der Waals surface area (Å²) in [5.41, 5.74) is 1.33. The number of carbonyl (C=O) groups excluding carboxylic acids is 3. The van der Waals surface area contributed by atoms with Gasteiger partial charge in [-0.1, -0.05) is 15.9 Å². The Morgan fingerprint density at radius 1 is 1.36 bits per heavy atom. The molecule has 1 aromatic carbocycles. The van der Waals surface area contributed by atoms with Gasteiger partial charge in [-0.05, 0) is 24.6 Å². The van der Waals surface area contributed by atoms with Gasteiger partial charge in [0.05, 0.1) is 17.3 Å². The van der Waals surface area contributed by atoms with Gasteiger partial charge in [0.2, 0.25) is 17.7 Å². The van der Waals surface area contributed by atoms with E-state index >= 15 is 0 Å². The summed E-state index contributed by atoms with van der Waals surface area (Å²) in [6.45, 7) is 2.54. The molecule has 1 aromatic rings. The molecular weight excluding hydrogens is 350 g/mol. The zero-order valence-electron chi connectivity index (χ0n) is 12.1. The zero-order chi connectivity index (χ0) is 15.9. The van der Waals surface area contributed by atoms with Crippen LogP contribution in [0.25, 0.3) is 0 Å². The Labute approximate surface area is 136 Å². The number of hydrogen-bond acceptors (Lipinski definition) is 3. The summed E-state index contributed by atoms with van der Waals surface area (Å²) < 4.78 is 0.844. The van der Waals surface area contributed by atoms with Gasteiger partial charge in [0.15, 0.2) is 0 Å². The first-order valence-corrected chi connectivity index (χ1v) is 7.91. The highest BCUT2D eigenvalue weighted by molar-refractivity contribution is 9.10.